The van der Waals surface area contributed by atoms with Crippen LogP contribution in [0.1, 0.15) is 31.4 Å². The van der Waals surface area contributed by atoms with Gasteiger partial charge in [-0.15, -0.1) is 11.6 Å². The Kier molecular flexibility index (Phi) is 6.62. The maximum absolute atomic E-state index is 11.9. The van der Waals surface area contributed by atoms with E-state index in [4.69, 9.17) is 16.3 Å². The second-order valence-electron chi connectivity index (χ2n) is 4.30. The van der Waals surface area contributed by atoms with Gasteiger partial charge in [-0.3, -0.25) is 0 Å². The second-order valence-corrected chi connectivity index (χ2v) is 6.55. The zero-order valence-corrected chi connectivity index (χ0v) is 12.8. The average molecular weight is 306 g/mol. The minimum atomic E-state index is -3.29. The molecule has 0 aliphatic rings. The number of alkyl halides is 1. The first-order valence-electron chi connectivity index (χ1n) is 6.19. The monoisotopic (exact) mass is 305 g/mol. The van der Waals surface area contributed by atoms with Crippen LogP contribution in [0.5, 0.6) is 5.75 Å². The van der Waals surface area contributed by atoms with Crippen LogP contribution in [0.2, 0.25) is 0 Å². The highest BCUT2D eigenvalue weighted by molar-refractivity contribution is 7.89. The van der Waals surface area contributed by atoms with Crippen molar-refractivity contribution in [3.05, 3.63) is 29.8 Å². The first-order chi connectivity index (χ1) is 9.00. The number of hydrogen-bond donors (Lipinski definition) is 1. The average Bonchev–Trinajstić information content (AvgIpc) is 2.38. The molecule has 1 aromatic carbocycles. The van der Waals surface area contributed by atoms with E-state index in [1.54, 1.807) is 14.0 Å². The Labute approximate surface area is 120 Å². The lowest BCUT2D eigenvalue weighted by Gasteiger charge is -2.17. The van der Waals surface area contributed by atoms with Gasteiger partial charge in [-0.25, -0.2) is 13.1 Å². The highest BCUT2D eigenvalue weighted by Gasteiger charge is 2.17. The van der Waals surface area contributed by atoms with Crippen molar-refractivity contribution < 1.29 is 13.2 Å². The zero-order chi connectivity index (χ0) is 14.3. The SMILES string of the molecule is COc1ccccc1[C@H](C)NS(=O)(=O)CCCCCl. The first kappa shape index (κ1) is 16.3. The Morgan fingerprint density at radius 1 is 1.32 bits per heavy atom. The van der Waals surface area contributed by atoms with Gasteiger partial charge in [-0.05, 0) is 25.8 Å². The van der Waals surface area contributed by atoms with Crippen LogP contribution in [0.3, 0.4) is 0 Å². The third-order valence-electron chi connectivity index (χ3n) is 2.76. The van der Waals surface area contributed by atoms with Crippen LogP contribution in [-0.4, -0.2) is 27.2 Å². The van der Waals surface area contributed by atoms with Crippen LogP contribution in [0.15, 0.2) is 24.3 Å². The van der Waals surface area contributed by atoms with Crippen LogP contribution in [0.25, 0.3) is 0 Å². The van der Waals surface area contributed by atoms with Crippen molar-refractivity contribution in [1.29, 1.82) is 0 Å². The molecule has 0 aromatic heterocycles. The van der Waals surface area contributed by atoms with Crippen molar-refractivity contribution in [2.45, 2.75) is 25.8 Å². The summed E-state index contributed by atoms with van der Waals surface area (Å²) >= 11 is 5.54. The number of methoxy groups -OCH3 is 1. The normalized spacial score (nSPS) is 13.2. The topological polar surface area (TPSA) is 55.4 Å². The lowest BCUT2D eigenvalue weighted by atomic mass is 10.1. The van der Waals surface area contributed by atoms with Gasteiger partial charge < -0.3 is 4.74 Å². The fraction of sp³-hybridized carbons (Fsp3) is 0.538. The number of para-hydroxylation sites is 1. The zero-order valence-electron chi connectivity index (χ0n) is 11.2. The Balaban J connectivity index is 2.70. The molecule has 19 heavy (non-hydrogen) atoms. The molecule has 0 heterocycles. The summed E-state index contributed by atoms with van der Waals surface area (Å²) in [6, 6.07) is 7.05. The Morgan fingerprint density at radius 3 is 2.63 bits per heavy atom. The molecule has 0 radical (unpaired) electrons. The van der Waals surface area contributed by atoms with Crippen molar-refractivity contribution in [2.75, 3.05) is 18.7 Å². The van der Waals surface area contributed by atoms with Crippen molar-refractivity contribution in [2.24, 2.45) is 0 Å². The smallest absolute Gasteiger partial charge is 0.212 e. The number of benzene rings is 1. The van der Waals surface area contributed by atoms with Crippen LogP contribution in [-0.2, 0) is 10.0 Å². The summed E-state index contributed by atoms with van der Waals surface area (Å²) in [4.78, 5) is 0. The van der Waals surface area contributed by atoms with Crippen molar-refractivity contribution in [3.63, 3.8) is 0 Å². The van der Waals surface area contributed by atoms with Gasteiger partial charge in [-0.1, -0.05) is 18.2 Å². The van der Waals surface area contributed by atoms with Gasteiger partial charge in [0.1, 0.15) is 5.75 Å². The molecule has 0 saturated carbocycles. The molecule has 0 unspecified atom stereocenters. The van der Waals surface area contributed by atoms with Crippen LogP contribution in [0, 0.1) is 0 Å². The molecule has 1 rings (SSSR count). The van der Waals surface area contributed by atoms with Gasteiger partial charge in [0.15, 0.2) is 0 Å². The number of rotatable bonds is 8. The fourth-order valence-corrected chi connectivity index (χ4v) is 3.36. The van der Waals surface area contributed by atoms with E-state index in [0.717, 1.165) is 5.56 Å². The first-order valence-corrected chi connectivity index (χ1v) is 8.37. The molecule has 0 fully saturated rings. The number of hydrogen-bond acceptors (Lipinski definition) is 3. The molecule has 1 aromatic rings. The predicted octanol–water partition coefficient (Wildman–Crippen LogP) is 2.69. The summed E-state index contributed by atoms with van der Waals surface area (Å²) in [5, 5.41) is 0. The van der Waals surface area contributed by atoms with Crippen molar-refractivity contribution in [3.8, 4) is 5.75 Å². The highest BCUT2D eigenvalue weighted by Crippen LogP contribution is 2.24. The third-order valence-corrected chi connectivity index (χ3v) is 4.56. The van der Waals surface area contributed by atoms with Crippen LogP contribution < -0.4 is 9.46 Å². The lowest BCUT2D eigenvalue weighted by Crippen LogP contribution is -2.29. The molecule has 0 bridgehead atoms. The molecule has 0 aliphatic carbocycles. The van der Waals surface area contributed by atoms with E-state index >= 15 is 0 Å². The van der Waals surface area contributed by atoms with E-state index in [9.17, 15) is 8.42 Å². The number of halogens is 1. The van der Waals surface area contributed by atoms with Gasteiger partial charge in [0.2, 0.25) is 10.0 Å². The molecule has 4 nitrogen and oxygen atoms in total. The largest absolute Gasteiger partial charge is 0.496 e. The predicted molar refractivity (Wildman–Crippen MR) is 78.3 cm³/mol. The summed E-state index contributed by atoms with van der Waals surface area (Å²) in [5.41, 5.74) is 0.825. The summed E-state index contributed by atoms with van der Waals surface area (Å²) < 4.78 is 31.7. The summed E-state index contributed by atoms with van der Waals surface area (Å²) in [6.45, 7) is 1.80. The van der Waals surface area contributed by atoms with E-state index in [2.05, 4.69) is 4.72 Å². The highest BCUT2D eigenvalue weighted by atomic mass is 35.5. The minimum Gasteiger partial charge on any atom is -0.496 e. The molecule has 6 heteroatoms. The summed E-state index contributed by atoms with van der Waals surface area (Å²) in [7, 11) is -1.72. The van der Waals surface area contributed by atoms with E-state index in [1.807, 2.05) is 24.3 Å². The minimum absolute atomic E-state index is 0.0964. The molecule has 1 atom stereocenters. The van der Waals surface area contributed by atoms with Gasteiger partial charge in [0, 0.05) is 17.5 Å². The van der Waals surface area contributed by atoms with E-state index < -0.39 is 10.0 Å². The van der Waals surface area contributed by atoms with Crippen LogP contribution >= 0.6 is 11.6 Å². The number of nitrogens with one attached hydrogen (secondary N) is 1. The van der Waals surface area contributed by atoms with Crippen LogP contribution in [0.4, 0.5) is 0 Å². The van der Waals surface area contributed by atoms with Gasteiger partial charge in [0.25, 0.3) is 0 Å². The molecule has 0 aliphatic heterocycles. The molecule has 1 N–H and O–H groups in total. The Bertz CT molecular complexity index is 490. The molecular weight excluding hydrogens is 286 g/mol. The Hall–Kier alpha value is -0.780. The number of ether oxygens (including phenoxy) is 1. The van der Waals surface area contributed by atoms with Gasteiger partial charge in [-0.2, -0.15) is 0 Å². The quantitative estimate of drug-likeness (QED) is 0.593. The molecule has 108 valence electrons. The second kappa shape index (κ2) is 7.72. The maximum atomic E-state index is 11.9. The molecule has 0 saturated heterocycles. The lowest BCUT2D eigenvalue weighted by molar-refractivity contribution is 0.405. The molecule has 0 spiro atoms. The number of unbranched alkanes of at least 4 members (excludes halogenated alkanes) is 1. The van der Waals surface area contributed by atoms with Gasteiger partial charge in [0.05, 0.1) is 12.9 Å². The fourth-order valence-electron chi connectivity index (χ4n) is 1.80. The van der Waals surface area contributed by atoms with Crippen molar-refractivity contribution >= 4 is 21.6 Å². The summed E-state index contributed by atoms with van der Waals surface area (Å²) in [6.07, 6.45) is 1.27. The molecule has 0 amide bonds. The van der Waals surface area contributed by atoms with E-state index in [0.29, 0.717) is 24.5 Å². The standard InChI is InChI=1S/C13H20ClNO3S/c1-11(12-7-3-4-8-13(12)18-2)15-19(16,17)10-6-5-9-14/h3-4,7-8,11,15H,5-6,9-10H2,1-2H3/t11-/m0/s1. The van der Waals surface area contributed by atoms with Gasteiger partial charge >= 0.3 is 0 Å². The maximum Gasteiger partial charge on any atom is 0.212 e. The molecular formula is C13H20ClNO3S. The van der Waals surface area contributed by atoms with Crippen molar-refractivity contribution in [1.82, 2.24) is 4.72 Å². The van der Waals surface area contributed by atoms with E-state index in [1.165, 1.54) is 0 Å². The number of sulfonamides is 1. The van der Waals surface area contributed by atoms with E-state index in [-0.39, 0.29) is 11.8 Å². The Morgan fingerprint density at radius 2 is 2.00 bits per heavy atom. The third kappa shape index (κ3) is 5.38. The summed E-state index contributed by atoms with van der Waals surface area (Å²) in [5.74, 6) is 1.26.